The predicted octanol–water partition coefficient (Wildman–Crippen LogP) is 2.97. The third-order valence-corrected chi connectivity index (χ3v) is 2.23. The van der Waals surface area contributed by atoms with E-state index in [0.29, 0.717) is 0 Å². The van der Waals surface area contributed by atoms with Gasteiger partial charge in [0.2, 0.25) is 0 Å². The second kappa shape index (κ2) is 3.21. The Hall–Kier alpha value is -0.590. The zero-order valence-corrected chi connectivity index (χ0v) is 7.72. The number of allylic oxidation sites excluding steroid dienone is 1. The van der Waals surface area contributed by atoms with Crippen LogP contribution in [0.4, 0.5) is 0 Å². The smallest absolute Gasteiger partial charge is 0.0614 e. The number of nitrogens with zero attached hydrogens (tertiary/aromatic N) is 1. The third-order valence-electron chi connectivity index (χ3n) is 2.23. The molecule has 1 heterocycles. The minimum absolute atomic E-state index is 0.203. The van der Waals surface area contributed by atoms with Crippen molar-refractivity contribution in [3.05, 3.63) is 11.6 Å². The lowest BCUT2D eigenvalue weighted by atomic mass is 9.90. The monoisotopic (exact) mass is 151 g/mol. The first-order valence-electron chi connectivity index (χ1n) is 4.38. The molecule has 0 fully saturated rings. The van der Waals surface area contributed by atoms with Crippen LogP contribution in [0.25, 0.3) is 0 Å². The molecule has 0 saturated heterocycles. The Bertz CT molecular complexity index is 191. The van der Waals surface area contributed by atoms with E-state index >= 15 is 0 Å². The summed E-state index contributed by atoms with van der Waals surface area (Å²) in [5.74, 6) is 0. The first-order valence-corrected chi connectivity index (χ1v) is 4.38. The Balaban J connectivity index is 2.58. The molecule has 0 N–H and O–H groups in total. The largest absolute Gasteiger partial charge is 0.286 e. The second-order valence-corrected chi connectivity index (χ2v) is 3.66. The fourth-order valence-electron chi connectivity index (χ4n) is 1.45. The maximum atomic E-state index is 4.54. The summed E-state index contributed by atoms with van der Waals surface area (Å²) in [6.45, 7) is 6.55. The molecule has 11 heavy (non-hydrogen) atoms. The number of rotatable bonds is 2. The highest BCUT2D eigenvalue weighted by Gasteiger charge is 2.21. The van der Waals surface area contributed by atoms with Gasteiger partial charge in [-0.05, 0) is 32.3 Å². The molecule has 0 radical (unpaired) electrons. The molecule has 1 nitrogen and oxygen atoms in total. The normalized spacial score (nSPS) is 30.3. The SMILES string of the molecule is CCCC1(C)CC=C(C)C=N1. The number of aliphatic imine (C=N–C) groups is 1. The van der Waals surface area contributed by atoms with Crippen LogP contribution in [-0.4, -0.2) is 11.8 Å². The van der Waals surface area contributed by atoms with E-state index in [1.807, 2.05) is 6.21 Å². The number of dihydropyridines is 1. The van der Waals surface area contributed by atoms with Crippen molar-refractivity contribution >= 4 is 6.21 Å². The Morgan fingerprint density at radius 1 is 1.64 bits per heavy atom. The highest BCUT2D eigenvalue weighted by atomic mass is 14.8. The molecule has 62 valence electrons. The van der Waals surface area contributed by atoms with Gasteiger partial charge in [-0.15, -0.1) is 0 Å². The predicted molar refractivity (Wildman–Crippen MR) is 50.2 cm³/mol. The summed E-state index contributed by atoms with van der Waals surface area (Å²) < 4.78 is 0. The summed E-state index contributed by atoms with van der Waals surface area (Å²) >= 11 is 0. The molecule has 0 amide bonds. The van der Waals surface area contributed by atoms with Crippen LogP contribution in [0.1, 0.15) is 40.0 Å². The molecule has 0 aromatic heterocycles. The average Bonchev–Trinajstić information content (AvgIpc) is 1.97. The highest BCUT2D eigenvalue weighted by molar-refractivity contribution is 5.79. The average molecular weight is 151 g/mol. The van der Waals surface area contributed by atoms with E-state index in [1.165, 1.54) is 18.4 Å². The van der Waals surface area contributed by atoms with Gasteiger partial charge in [-0.2, -0.15) is 0 Å². The minimum atomic E-state index is 0.203. The molecule has 1 atom stereocenters. The van der Waals surface area contributed by atoms with Gasteiger partial charge in [-0.3, -0.25) is 4.99 Å². The van der Waals surface area contributed by atoms with Crippen LogP contribution < -0.4 is 0 Å². The maximum Gasteiger partial charge on any atom is 0.0614 e. The van der Waals surface area contributed by atoms with E-state index in [-0.39, 0.29) is 5.54 Å². The zero-order chi connectivity index (χ0) is 8.32. The van der Waals surface area contributed by atoms with Crippen molar-refractivity contribution in [1.82, 2.24) is 0 Å². The molecule has 0 saturated carbocycles. The van der Waals surface area contributed by atoms with Gasteiger partial charge in [-0.1, -0.05) is 19.4 Å². The third kappa shape index (κ3) is 2.18. The Labute approximate surface area is 69.2 Å². The van der Waals surface area contributed by atoms with Crippen LogP contribution in [0.2, 0.25) is 0 Å². The molecular weight excluding hydrogens is 134 g/mol. The molecule has 0 aromatic carbocycles. The van der Waals surface area contributed by atoms with Crippen LogP contribution in [0.5, 0.6) is 0 Å². The number of hydrogen-bond donors (Lipinski definition) is 0. The van der Waals surface area contributed by atoms with Crippen molar-refractivity contribution in [2.45, 2.75) is 45.6 Å². The van der Waals surface area contributed by atoms with Crippen molar-refractivity contribution in [3.8, 4) is 0 Å². The molecule has 0 aromatic rings. The Morgan fingerprint density at radius 2 is 2.36 bits per heavy atom. The molecule has 0 aliphatic carbocycles. The van der Waals surface area contributed by atoms with Gasteiger partial charge >= 0.3 is 0 Å². The molecule has 1 aliphatic heterocycles. The molecule has 0 spiro atoms. The van der Waals surface area contributed by atoms with Crippen LogP contribution in [0.15, 0.2) is 16.6 Å². The minimum Gasteiger partial charge on any atom is -0.286 e. The van der Waals surface area contributed by atoms with Gasteiger partial charge in [-0.25, -0.2) is 0 Å². The van der Waals surface area contributed by atoms with Crippen molar-refractivity contribution in [1.29, 1.82) is 0 Å². The summed E-state index contributed by atoms with van der Waals surface area (Å²) in [7, 11) is 0. The van der Waals surface area contributed by atoms with E-state index in [0.717, 1.165) is 6.42 Å². The maximum absolute atomic E-state index is 4.54. The fourth-order valence-corrected chi connectivity index (χ4v) is 1.45. The van der Waals surface area contributed by atoms with Gasteiger partial charge in [0.05, 0.1) is 5.54 Å². The second-order valence-electron chi connectivity index (χ2n) is 3.66. The van der Waals surface area contributed by atoms with E-state index in [1.54, 1.807) is 0 Å². The van der Waals surface area contributed by atoms with Gasteiger partial charge in [0.15, 0.2) is 0 Å². The Kier molecular flexibility index (Phi) is 2.48. The lowest BCUT2D eigenvalue weighted by Gasteiger charge is -2.25. The van der Waals surface area contributed by atoms with Gasteiger partial charge < -0.3 is 0 Å². The van der Waals surface area contributed by atoms with E-state index in [9.17, 15) is 0 Å². The topological polar surface area (TPSA) is 12.4 Å². The van der Waals surface area contributed by atoms with Gasteiger partial charge in [0.25, 0.3) is 0 Å². The van der Waals surface area contributed by atoms with Crippen LogP contribution >= 0.6 is 0 Å². The van der Waals surface area contributed by atoms with E-state index in [4.69, 9.17) is 0 Å². The van der Waals surface area contributed by atoms with Crippen LogP contribution in [-0.2, 0) is 0 Å². The van der Waals surface area contributed by atoms with Crippen LogP contribution in [0, 0.1) is 0 Å². The summed E-state index contributed by atoms with van der Waals surface area (Å²) in [6, 6.07) is 0. The summed E-state index contributed by atoms with van der Waals surface area (Å²) in [5.41, 5.74) is 1.51. The highest BCUT2D eigenvalue weighted by Crippen LogP contribution is 2.25. The van der Waals surface area contributed by atoms with Crippen LogP contribution in [0.3, 0.4) is 0 Å². The molecule has 1 heteroatoms. The van der Waals surface area contributed by atoms with Crippen molar-refractivity contribution < 1.29 is 0 Å². The summed E-state index contributed by atoms with van der Waals surface area (Å²) in [4.78, 5) is 4.54. The van der Waals surface area contributed by atoms with Gasteiger partial charge in [0, 0.05) is 6.21 Å². The molecular formula is C10H17N. The first-order chi connectivity index (χ1) is 5.16. The molecule has 1 unspecified atom stereocenters. The Morgan fingerprint density at radius 3 is 2.82 bits per heavy atom. The lowest BCUT2D eigenvalue weighted by Crippen LogP contribution is -2.23. The molecule has 1 aliphatic rings. The van der Waals surface area contributed by atoms with Crippen molar-refractivity contribution in [2.24, 2.45) is 4.99 Å². The van der Waals surface area contributed by atoms with E-state index < -0.39 is 0 Å². The molecule has 1 rings (SSSR count). The standard InChI is InChI=1S/C10H17N/c1-4-6-10(3)7-5-9(2)8-11-10/h5,8H,4,6-7H2,1-3H3. The van der Waals surface area contributed by atoms with Gasteiger partial charge in [0.1, 0.15) is 0 Å². The number of hydrogen-bond acceptors (Lipinski definition) is 1. The summed E-state index contributed by atoms with van der Waals surface area (Å²) in [5, 5.41) is 0. The quantitative estimate of drug-likeness (QED) is 0.575. The summed E-state index contributed by atoms with van der Waals surface area (Å²) in [6.07, 6.45) is 7.82. The van der Waals surface area contributed by atoms with Crippen molar-refractivity contribution in [2.75, 3.05) is 0 Å². The molecule has 0 bridgehead atoms. The van der Waals surface area contributed by atoms with Crippen molar-refractivity contribution in [3.63, 3.8) is 0 Å². The zero-order valence-electron chi connectivity index (χ0n) is 7.72. The first kappa shape index (κ1) is 8.51. The van der Waals surface area contributed by atoms with E-state index in [2.05, 4.69) is 31.8 Å². The lowest BCUT2D eigenvalue weighted by molar-refractivity contribution is 0.433. The fraction of sp³-hybridized carbons (Fsp3) is 0.700.